The number of benzene rings is 2. The number of oxazole rings is 1. The number of anilines is 2. The molecule has 0 radical (unpaired) electrons. The molecule has 122 valence electrons. The molecule has 0 aliphatic rings. The van der Waals surface area contributed by atoms with Gasteiger partial charge >= 0.3 is 6.01 Å². The number of fused-ring (bicyclic) bond motifs is 2. The quantitative estimate of drug-likeness (QED) is 0.450. The van der Waals surface area contributed by atoms with E-state index in [-0.39, 0.29) is 0 Å². The largest absolute Gasteiger partial charge is 0.423 e. The molecule has 1 N–H and O–H groups in total. The van der Waals surface area contributed by atoms with E-state index in [1.165, 1.54) is 16.5 Å². The van der Waals surface area contributed by atoms with Crippen LogP contribution in [0.1, 0.15) is 0 Å². The number of hydrogen-bond donors (Lipinski definition) is 1. The normalized spacial score (nSPS) is 11.4. The van der Waals surface area contributed by atoms with Gasteiger partial charge in [-0.05, 0) is 59.0 Å². The Kier molecular flexibility index (Phi) is 3.15. The Balaban J connectivity index is 1.54. The highest BCUT2D eigenvalue weighted by molar-refractivity contribution is 7.14. The second-order valence-electron chi connectivity index (χ2n) is 6.00. The third-order valence-corrected chi connectivity index (χ3v) is 5.14. The molecule has 5 rings (SSSR count). The number of rotatable bonds is 3. The van der Waals surface area contributed by atoms with E-state index in [1.54, 1.807) is 11.3 Å². The topological polar surface area (TPSA) is 43.0 Å². The first-order valence-electron chi connectivity index (χ1n) is 8.03. The van der Waals surface area contributed by atoms with Crippen molar-refractivity contribution in [3.05, 3.63) is 66.2 Å². The molecule has 3 heterocycles. The molecule has 0 amide bonds. The zero-order valence-electron chi connectivity index (χ0n) is 13.6. The van der Waals surface area contributed by atoms with Crippen molar-refractivity contribution < 1.29 is 4.42 Å². The molecule has 3 aromatic heterocycles. The molecule has 0 aliphatic heterocycles. The van der Waals surface area contributed by atoms with Gasteiger partial charge in [0.1, 0.15) is 5.52 Å². The van der Waals surface area contributed by atoms with Crippen molar-refractivity contribution in [2.45, 2.75) is 0 Å². The Bertz CT molecular complexity index is 1180. The van der Waals surface area contributed by atoms with Gasteiger partial charge in [-0.3, -0.25) is 0 Å². The monoisotopic (exact) mass is 345 g/mol. The molecule has 4 nitrogen and oxygen atoms in total. The molecule has 0 bridgehead atoms. The summed E-state index contributed by atoms with van der Waals surface area (Å²) in [5.41, 5.74) is 5.17. The maximum absolute atomic E-state index is 5.79. The molecule has 2 aromatic carbocycles. The average Bonchev–Trinajstić information content (AvgIpc) is 3.35. The number of nitrogens with zero attached hydrogens (tertiary/aromatic N) is 2. The van der Waals surface area contributed by atoms with Crippen LogP contribution in [0.3, 0.4) is 0 Å². The van der Waals surface area contributed by atoms with Crippen LogP contribution in [0.2, 0.25) is 0 Å². The Morgan fingerprint density at radius 3 is 2.80 bits per heavy atom. The maximum atomic E-state index is 5.79. The van der Waals surface area contributed by atoms with Crippen molar-refractivity contribution in [1.82, 2.24) is 9.55 Å². The van der Waals surface area contributed by atoms with E-state index < -0.39 is 0 Å². The smallest absolute Gasteiger partial charge is 0.300 e. The SMILES string of the molecule is Cn1ccc2cc(-c3ccc4oc(Nc5cccs5)nc4c3)ccc21. The minimum atomic E-state index is 0.521. The Morgan fingerprint density at radius 1 is 1.04 bits per heavy atom. The first kappa shape index (κ1) is 14.3. The van der Waals surface area contributed by atoms with Gasteiger partial charge < -0.3 is 14.3 Å². The summed E-state index contributed by atoms with van der Waals surface area (Å²) in [6.07, 6.45) is 2.08. The Labute approximate surface area is 148 Å². The van der Waals surface area contributed by atoms with Gasteiger partial charge in [0.2, 0.25) is 0 Å². The van der Waals surface area contributed by atoms with Gasteiger partial charge in [0.25, 0.3) is 0 Å². The van der Waals surface area contributed by atoms with E-state index in [1.807, 2.05) is 23.6 Å². The third kappa shape index (κ3) is 2.49. The van der Waals surface area contributed by atoms with Crippen molar-refractivity contribution in [1.29, 1.82) is 0 Å². The van der Waals surface area contributed by atoms with Gasteiger partial charge in [0, 0.05) is 24.1 Å². The lowest BCUT2D eigenvalue weighted by Crippen LogP contribution is -1.85. The zero-order chi connectivity index (χ0) is 16.8. The fraction of sp³-hybridized carbons (Fsp3) is 0.0500. The number of aryl methyl sites for hydroxylation is 1. The lowest BCUT2D eigenvalue weighted by Gasteiger charge is -2.03. The van der Waals surface area contributed by atoms with Gasteiger partial charge in [-0.1, -0.05) is 12.1 Å². The lowest BCUT2D eigenvalue weighted by atomic mass is 10.0. The summed E-state index contributed by atoms with van der Waals surface area (Å²) >= 11 is 1.62. The van der Waals surface area contributed by atoms with Crippen molar-refractivity contribution in [3.63, 3.8) is 0 Å². The summed E-state index contributed by atoms with van der Waals surface area (Å²) in [6.45, 7) is 0. The summed E-state index contributed by atoms with van der Waals surface area (Å²) in [5, 5.41) is 7.47. The lowest BCUT2D eigenvalue weighted by molar-refractivity contribution is 0.623. The second kappa shape index (κ2) is 5.50. The predicted molar refractivity (Wildman–Crippen MR) is 104 cm³/mol. The molecule has 0 saturated heterocycles. The van der Waals surface area contributed by atoms with Crippen LogP contribution >= 0.6 is 11.3 Å². The van der Waals surface area contributed by atoms with Crippen LogP contribution in [0.5, 0.6) is 0 Å². The number of thiophene rings is 1. The highest BCUT2D eigenvalue weighted by Crippen LogP contribution is 2.30. The molecule has 0 spiro atoms. The van der Waals surface area contributed by atoms with Crippen LogP contribution < -0.4 is 5.32 Å². The second-order valence-corrected chi connectivity index (χ2v) is 6.95. The van der Waals surface area contributed by atoms with Gasteiger partial charge in [0.15, 0.2) is 5.58 Å². The van der Waals surface area contributed by atoms with E-state index in [2.05, 4.69) is 64.5 Å². The van der Waals surface area contributed by atoms with E-state index in [9.17, 15) is 0 Å². The van der Waals surface area contributed by atoms with Gasteiger partial charge in [-0.2, -0.15) is 4.98 Å². The minimum absolute atomic E-state index is 0.521. The fourth-order valence-electron chi connectivity index (χ4n) is 3.08. The molecule has 0 atom stereocenters. The first-order chi connectivity index (χ1) is 12.3. The molecular weight excluding hydrogens is 330 g/mol. The zero-order valence-corrected chi connectivity index (χ0v) is 14.4. The molecular formula is C20H15N3OS. The van der Waals surface area contributed by atoms with Crippen LogP contribution in [0, 0.1) is 0 Å². The van der Waals surface area contributed by atoms with Crippen LogP contribution in [0.25, 0.3) is 33.1 Å². The molecule has 0 fully saturated rings. The van der Waals surface area contributed by atoms with Crippen molar-refractivity contribution >= 4 is 44.4 Å². The van der Waals surface area contributed by atoms with E-state index >= 15 is 0 Å². The molecule has 5 heteroatoms. The summed E-state index contributed by atoms with van der Waals surface area (Å²) < 4.78 is 7.91. The predicted octanol–water partition coefficient (Wildman–Crippen LogP) is 5.79. The van der Waals surface area contributed by atoms with Gasteiger partial charge in [-0.25, -0.2) is 0 Å². The van der Waals surface area contributed by atoms with E-state index in [4.69, 9.17) is 4.42 Å². The van der Waals surface area contributed by atoms with Crippen molar-refractivity contribution in [2.75, 3.05) is 5.32 Å². The molecule has 25 heavy (non-hydrogen) atoms. The molecule has 5 aromatic rings. The molecule has 0 saturated carbocycles. The minimum Gasteiger partial charge on any atom is -0.423 e. The van der Waals surface area contributed by atoms with Crippen LogP contribution in [-0.2, 0) is 7.05 Å². The average molecular weight is 345 g/mol. The maximum Gasteiger partial charge on any atom is 0.300 e. The number of hydrogen-bond acceptors (Lipinski definition) is 4. The molecule has 0 aliphatic carbocycles. The van der Waals surface area contributed by atoms with Gasteiger partial charge in [0.05, 0.1) is 5.00 Å². The fourth-order valence-corrected chi connectivity index (χ4v) is 3.68. The summed E-state index contributed by atoms with van der Waals surface area (Å²) in [7, 11) is 2.06. The summed E-state index contributed by atoms with van der Waals surface area (Å²) in [5.74, 6) is 0. The third-order valence-electron chi connectivity index (χ3n) is 4.36. The Morgan fingerprint density at radius 2 is 1.92 bits per heavy atom. The van der Waals surface area contributed by atoms with Crippen LogP contribution in [-0.4, -0.2) is 9.55 Å². The number of nitrogens with one attached hydrogen (secondary N) is 1. The van der Waals surface area contributed by atoms with Gasteiger partial charge in [-0.15, -0.1) is 11.3 Å². The van der Waals surface area contributed by atoms with E-state index in [0.717, 1.165) is 21.7 Å². The van der Waals surface area contributed by atoms with Crippen LogP contribution in [0.4, 0.5) is 11.0 Å². The molecule has 0 unspecified atom stereocenters. The summed E-state index contributed by atoms with van der Waals surface area (Å²) in [6, 6.07) is 19.3. The van der Waals surface area contributed by atoms with Crippen molar-refractivity contribution in [3.8, 4) is 11.1 Å². The summed E-state index contributed by atoms with van der Waals surface area (Å²) in [4.78, 5) is 4.56. The number of aromatic nitrogens is 2. The van der Waals surface area contributed by atoms with Crippen LogP contribution in [0.15, 0.2) is 70.6 Å². The standard InChI is InChI=1S/C20H15N3OS/c1-23-9-8-15-11-13(4-6-17(15)23)14-5-7-18-16(12-14)21-20(24-18)22-19-3-2-10-25-19/h2-12H,1H3,(H,21,22). The highest BCUT2D eigenvalue weighted by Gasteiger charge is 2.09. The highest BCUT2D eigenvalue weighted by atomic mass is 32.1. The van der Waals surface area contributed by atoms with E-state index in [0.29, 0.717) is 6.01 Å². The Hall–Kier alpha value is -3.05. The van der Waals surface area contributed by atoms with Crippen molar-refractivity contribution in [2.24, 2.45) is 7.05 Å². The first-order valence-corrected chi connectivity index (χ1v) is 8.91.